The van der Waals surface area contributed by atoms with E-state index >= 15 is 0 Å². The minimum atomic E-state index is -0.405. The fourth-order valence-corrected chi connectivity index (χ4v) is 2.64. The van der Waals surface area contributed by atoms with Crippen LogP contribution in [0.1, 0.15) is 25.5 Å². The molecule has 0 spiro atoms. The van der Waals surface area contributed by atoms with E-state index in [4.69, 9.17) is 11.6 Å². The summed E-state index contributed by atoms with van der Waals surface area (Å²) < 4.78 is 13.1. The third-order valence-corrected chi connectivity index (χ3v) is 4.45. The fraction of sp³-hybridized carbons (Fsp3) is 0.538. The molecule has 0 saturated carbocycles. The summed E-state index contributed by atoms with van der Waals surface area (Å²) >= 11 is 7.39. The van der Waals surface area contributed by atoms with Crippen LogP contribution in [0.3, 0.4) is 0 Å². The summed E-state index contributed by atoms with van der Waals surface area (Å²) in [4.78, 5) is 0. The van der Waals surface area contributed by atoms with E-state index in [1.54, 1.807) is 23.9 Å². The highest BCUT2D eigenvalue weighted by molar-refractivity contribution is 7.99. The Bertz CT molecular complexity index is 387. The van der Waals surface area contributed by atoms with E-state index in [0.717, 1.165) is 5.56 Å². The van der Waals surface area contributed by atoms with Gasteiger partial charge >= 0.3 is 0 Å². The first-order chi connectivity index (χ1) is 8.49. The number of nitrogens with one attached hydrogen (secondary N) is 1. The Balaban J connectivity index is 2.69. The van der Waals surface area contributed by atoms with Crippen molar-refractivity contribution in [3.8, 4) is 0 Å². The summed E-state index contributed by atoms with van der Waals surface area (Å²) in [6.07, 6.45) is 1.97. The van der Waals surface area contributed by atoms with E-state index in [1.165, 1.54) is 6.07 Å². The Hall–Kier alpha value is -0.290. The minimum Gasteiger partial charge on any atom is -0.395 e. The van der Waals surface area contributed by atoms with E-state index in [1.807, 2.05) is 20.1 Å². The molecule has 0 saturated heterocycles. The largest absolute Gasteiger partial charge is 0.395 e. The van der Waals surface area contributed by atoms with Crippen LogP contribution in [0, 0.1) is 5.82 Å². The monoisotopic (exact) mass is 291 g/mol. The standard InChI is InChI=1S/C13H19ClFNOS/c1-8(16-9(2)13(7-17)18-3)10-4-5-12(15)11(14)6-10/h4-6,8-9,13,16-17H,7H2,1-3H3. The number of hydrogen-bond acceptors (Lipinski definition) is 3. The van der Waals surface area contributed by atoms with Crippen LogP contribution in [0.15, 0.2) is 18.2 Å². The fourth-order valence-electron chi connectivity index (χ4n) is 1.82. The molecule has 0 aromatic heterocycles. The molecule has 2 N–H and O–H groups in total. The minimum absolute atomic E-state index is 0.0549. The van der Waals surface area contributed by atoms with Crippen molar-refractivity contribution in [2.75, 3.05) is 12.9 Å². The number of benzene rings is 1. The predicted molar refractivity (Wildman–Crippen MR) is 76.8 cm³/mol. The zero-order chi connectivity index (χ0) is 13.7. The van der Waals surface area contributed by atoms with Gasteiger partial charge in [-0.25, -0.2) is 4.39 Å². The SMILES string of the molecule is CSC(CO)C(C)NC(C)c1ccc(F)c(Cl)c1. The third-order valence-electron chi connectivity index (χ3n) is 3.00. The van der Waals surface area contributed by atoms with Gasteiger partial charge in [0.1, 0.15) is 5.82 Å². The Kier molecular flexibility index (Phi) is 6.43. The van der Waals surface area contributed by atoms with Gasteiger partial charge in [0.2, 0.25) is 0 Å². The number of thioether (sulfide) groups is 1. The van der Waals surface area contributed by atoms with Gasteiger partial charge < -0.3 is 10.4 Å². The van der Waals surface area contributed by atoms with Crippen LogP contribution in [0.25, 0.3) is 0 Å². The lowest BCUT2D eigenvalue weighted by atomic mass is 10.1. The Morgan fingerprint density at radius 3 is 2.61 bits per heavy atom. The highest BCUT2D eigenvalue weighted by Crippen LogP contribution is 2.22. The molecule has 0 heterocycles. The molecule has 0 amide bonds. The maximum atomic E-state index is 13.1. The molecule has 18 heavy (non-hydrogen) atoms. The number of hydrogen-bond donors (Lipinski definition) is 2. The molecule has 102 valence electrons. The summed E-state index contributed by atoms with van der Waals surface area (Å²) in [6.45, 7) is 4.15. The Labute approximate surface area is 117 Å². The van der Waals surface area contributed by atoms with Crippen molar-refractivity contribution in [3.63, 3.8) is 0 Å². The van der Waals surface area contributed by atoms with Crippen LogP contribution >= 0.6 is 23.4 Å². The van der Waals surface area contributed by atoms with Crippen molar-refractivity contribution >= 4 is 23.4 Å². The molecule has 0 aliphatic rings. The highest BCUT2D eigenvalue weighted by atomic mass is 35.5. The highest BCUT2D eigenvalue weighted by Gasteiger charge is 2.18. The predicted octanol–water partition coefficient (Wildman–Crippen LogP) is 3.24. The molecule has 3 atom stereocenters. The van der Waals surface area contributed by atoms with E-state index in [9.17, 15) is 9.50 Å². The quantitative estimate of drug-likeness (QED) is 0.844. The molecule has 0 aliphatic heterocycles. The molecule has 1 aromatic rings. The zero-order valence-electron chi connectivity index (χ0n) is 10.8. The normalized spacial score (nSPS) is 16.3. The number of halogens is 2. The lowest BCUT2D eigenvalue weighted by Gasteiger charge is -2.25. The second-order valence-electron chi connectivity index (χ2n) is 4.31. The number of aliphatic hydroxyl groups is 1. The van der Waals surface area contributed by atoms with E-state index < -0.39 is 5.82 Å². The number of rotatable bonds is 6. The maximum Gasteiger partial charge on any atom is 0.141 e. The van der Waals surface area contributed by atoms with Gasteiger partial charge in [-0.3, -0.25) is 0 Å². The zero-order valence-corrected chi connectivity index (χ0v) is 12.4. The summed E-state index contributed by atoms with van der Waals surface area (Å²) in [5.41, 5.74) is 0.936. The third kappa shape index (κ3) is 4.12. The van der Waals surface area contributed by atoms with Gasteiger partial charge in [-0.1, -0.05) is 17.7 Å². The summed E-state index contributed by atoms with van der Waals surface area (Å²) in [5.74, 6) is -0.405. The maximum absolute atomic E-state index is 13.1. The molecule has 1 rings (SSSR count). The van der Waals surface area contributed by atoms with Crippen LogP contribution in [-0.4, -0.2) is 29.3 Å². The van der Waals surface area contributed by atoms with Crippen LogP contribution < -0.4 is 5.32 Å². The van der Waals surface area contributed by atoms with Gasteiger partial charge in [0.25, 0.3) is 0 Å². The van der Waals surface area contributed by atoms with Crippen molar-refractivity contribution in [2.45, 2.75) is 31.2 Å². The Morgan fingerprint density at radius 2 is 2.11 bits per heavy atom. The molecule has 0 radical (unpaired) electrons. The van der Waals surface area contributed by atoms with Gasteiger partial charge in [-0.05, 0) is 37.8 Å². The van der Waals surface area contributed by atoms with Gasteiger partial charge in [0.05, 0.1) is 11.6 Å². The smallest absolute Gasteiger partial charge is 0.141 e. The van der Waals surface area contributed by atoms with E-state index in [2.05, 4.69) is 5.32 Å². The van der Waals surface area contributed by atoms with Crippen LogP contribution in [0.2, 0.25) is 5.02 Å². The van der Waals surface area contributed by atoms with Crippen LogP contribution in [0.5, 0.6) is 0 Å². The molecular formula is C13H19ClFNOS. The lowest BCUT2D eigenvalue weighted by Crippen LogP contribution is -2.38. The van der Waals surface area contributed by atoms with E-state index in [0.29, 0.717) is 0 Å². The van der Waals surface area contributed by atoms with Crippen molar-refractivity contribution in [3.05, 3.63) is 34.6 Å². The van der Waals surface area contributed by atoms with Gasteiger partial charge in [-0.15, -0.1) is 0 Å². The van der Waals surface area contributed by atoms with Gasteiger partial charge in [0, 0.05) is 17.3 Å². The van der Waals surface area contributed by atoms with Crippen molar-refractivity contribution in [2.24, 2.45) is 0 Å². The second-order valence-corrected chi connectivity index (χ2v) is 5.79. The molecule has 2 nitrogen and oxygen atoms in total. The molecule has 0 bridgehead atoms. The van der Waals surface area contributed by atoms with E-state index in [-0.39, 0.29) is 29.0 Å². The topological polar surface area (TPSA) is 32.3 Å². The lowest BCUT2D eigenvalue weighted by molar-refractivity contribution is 0.272. The van der Waals surface area contributed by atoms with Crippen molar-refractivity contribution < 1.29 is 9.50 Å². The first-order valence-corrected chi connectivity index (χ1v) is 7.50. The molecule has 0 fully saturated rings. The summed E-state index contributed by atoms with van der Waals surface area (Å²) in [5, 5.41) is 12.9. The van der Waals surface area contributed by atoms with Crippen LogP contribution in [0.4, 0.5) is 4.39 Å². The van der Waals surface area contributed by atoms with Crippen molar-refractivity contribution in [1.29, 1.82) is 0 Å². The average molecular weight is 292 g/mol. The van der Waals surface area contributed by atoms with Crippen LogP contribution in [-0.2, 0) is 0 Å². The van der Waals surface area contributed by atoms with Crippen molar-refractivity contribution in [1.82, 2.24) is 5.32 Å². The summed E-state index contributed by atoms with van der Waals surface area (Å²) in [6, 6.07) is 4.94. The average Bonchev–Trinajstić information content (AvgIpc) is 2.34. The second kappa shape index (κ2) is 7.34. The summed E-state index contributed by atoms with van der Waals surface area (Å²) in [7, 11) is 0. The first kappa shape index (κ1) is 15.8. The Morgan fingerprint density at radius 1 is 1.44 bits per heavy atom. The van der Waals surface area contributed by atoms with Gasteiger partial charge in [0.15, 0.2) is 0 Å². The molecule has 1 aromatic carbocycles. The molecule has 3 unspecified atom stereocenters. The first-order valence-electron chi connectivity index (χ1n) is 5.84. The molecule has 5 heteroatoms. The molecule has 0 aliphatic carbocycles. The number of aliphatic hydroxyl groups excluding tert-OH is 1. The van der Waals surface area contributed by atoms with Gasteiger partial charge in [-0.2, -0.15) is 11.8 Å². The molecular weight excluding hydrogens is 273 g/mol.